The van der Waals surface area contributed by atoms with Crippen LogP contribution in [0.2, 0.25) is 12.6 Å². The lowest BCUT2D eigenvalue weighted by atomic mass is 10.6. The quantitative estimate of drug-likeness (QED) is 0.492. The SMILES string of the molecule is CO[Si](C)(CCCP(=O)(OC)OC)OC. The molecule has 0 aromatic carbocycles. The van der Waals surface area contributed by atoms with Crippen molar-refractivity contribution in [1.82, 2.24) is 0 Å². The van der Waals surface area contributed by atoms with Gasteiger partial charge in [0.05, 0.1) is 6.16 Å². The summed E-state index contributed by atoms with van der Waals surface area (Å²) in [4.78, 5) is 0. The summed E-state index contributed by atoms with van der Waals surface area (Å²) in [6.07, 6.45) is 1.11. The van der Waals surface area contributed by atoms with Crippen molar-refractivity contribution in [2.45, 2.75) is 19.0 Å². The molecule has 0 fully saturated rings. The summed E-state index contributed by atoms with van der Waals surface area (Å²) < 4.78 is 32.0. The van der Waals surface area contributed by atoms with Gasteiger partial charge in [0, 0.05) is 28.4 Å². The predicted molar refractivity (Wildman–Crippen MR) is 61.6 cm³/mol. The van der Waals surface area contributed by atoms with Gasteiger partial charge in [-0.3, -0.25) is 4.57 Å². The lowest BCUT2D eigenvalue weighted by molar-refractivity contribution is 0.248. The largest absolute Gasteiger partial charge is 0.398 e. The van der Waals surface area contributed by atoms with Crippen molar-refractivity contribution in [3.8, 4) is 0 Å². The zero-order valence-electron chi connectivity index (χ0n) is 10.1. The van der Waals surface area contributed by atoms with Crippen LogP contribution in [0.3, 0.4) is 0 Å². The average molecular weight is 256 g/mol. The normalized spacial score (nSPS) is 13.1. The van der Waals surface area contributed by atoms with Gasteiger partial charge < -0.3 is 17.9 Å². The van der Waals surface area contributed by atoms with Crippen LogP contribution in [0.4, 0.5) is 0 Å². The highest BCUT2D eigenvalue weighted by Gasteiger charge is 2.30. The molecule has 0 heterocycles. The molecule has 0 atom stereocenters. The van der Waals surface area contributed by atoms with E-state index in [0.29, 0.717) is 12.6 Å². The maximum atomic E-state index is 11.7. The fraction of sp³-hybridized carbons (Fsp3) is 1.00. The van der Waals surface area contributed by atoms with E-state index in [4.69, 9.17) is 17.9 Å². The fourth-order valence-electron chi connectivity index (χ4n) is 1.14. The second-order valence-corrected chi connectivity index (χ2v) is 9.33. The summed E-state index contributed by atoms with van der Waals surface area (Å²) in [5.41, 5.74) is 0. The molecule has 92 valence electrons. The molecule has 0 aliphatic rings. The zero-order chi connectivity index (χ0) is 11.9. The molecule has 0 aliphatic heterocycles. The molecule has 0 aromatic rings. The Balaban J connectivity index is 4.02. The number of hydrogen-bond acceptors (Lipinski definition) is 5. The van der Waals surface area contributed by atoms with E-state index in [1.807, 2.05) is 6.55 Å². The van der Waals surface area contributed by atoms with E-state index in [1.165, 1.54) is 14.2 Å². The molecule has 0 radical (unpaired) electrons. The first-order valence-electron chi connectivity index (χ1n) is 4.76. The van der Waals surface area contributed by atoms with Gasteiger partial charge in [-0.2, -0.15) is 0 Å². The number of rotatable bonds is 8. The van der Waals surface area contributed by atoms with Crippen LogP contribution in [0.25, 0.3) is 0 Å². The summed E-state index contributed by atoms with van der Waals surface area (Å²) >= 11 is 0. The van der Waals surface area contributed by atoms with E-state index < -0.39 is 16.2 Å². The summed E-state index contributed by atoms with van der Waals surface area (Å²) in [5, 5.41) is 0. The molecule has 0 bridgehead atoms. The van der Waals surface area contributed by atoms with Crippen molar-refractivity contribution >= 4 is 16.2 Å². The number of hydrogen-bond donors (Lipinski definition) is 0. The van der Waals surface area contributed by atoms with Crippen LogP contribution in [0.15, 0.2) is 0 Å². The van der Waals surface area contributed by atoms with E-state index in [9.17, 15) is 4.57 Å². The van der Waals surface area contributed by atoms with E-state index >= 15 is 0 Å². The lowest BCUT2D eigenvalue weighted by Gasteiger charge is -2.23. The third-order valence-electron chi connectivity index (χ3n) is 2.48. The Kier molecular flexibility index (Phi) is 6.91. The van der Waals surface area contributed by atoms with Gasteiger partial charge in [-0.25, -0.2) is 0 Å². The van der Waals surface area contributed by atoms with Crippen molar-refractivity contribution in [1.29, 1.82) is 0 Å². The van der Waals surface area contributed by atoms with Crippen LogP contribution in [-0.2, 0) is 22.5 Å². The first kappa shape index (κ1) is 15.3. The Labute approximate surface area is 92.8 Å². The third kappa shape index (κ3) is 5.24. The van der Waals surface area contributed by atoms with E-state index in [1.54, 1.807) is 14.2 Å². The summed E-state index contributed by atoms with van der Waals surface area (Å²) in [7, 11) is 1.14. The van der Waals surface area contributed by atoms with E-state index in [2.05, 4.69) is 0 Å². The molecule has 0 rings (SSSR count). The smallest absolute Gasteiger partial charge is 0.334 e. The fourth-order valence-corrected chi connectivity index (χ4v) is 3.89. The third-order valence-corrected chi connectivity index (χ3v) is 7.45. The van der Waals surface area contributed by atoms with E-state index in [-0.39, 0.29) is 0 Å². The maximum Gasteiger partial charge on any atom is 0.334 e. The molecule has 0 saturated carbocycles. The van der Waals surface area contributed by atoms with Gasteiger partial charge in [-0.15, -0.1) is 0 Å². The van der Waals surface area contributed by atoms with Crippen molar-refractivity contribution in [3.63, 3.8) is 0 Å². The molecule has 0 aliphatic carbocycles. The van der Waals surface area contributed by atoms with Crippen LogP contribution < -0.4 is 0 Å². The Morgan fingerprint density at radius 3 is 1.87 bits per heavy atom. The molecular formula is C8H21O5PSi. The van der Waals surface area contributed by atoms with Crippen LogP contribution in [0.1, 0.15) is 6.42 Å². The molecule has 0 N–H and O–H groups in total. The zero-order valence-corrected chi connectivity index (χ0v) is 12.0. The van der Waals surface area contributed by atoms with Gasteiger partial charge in [0.1, 0.15) is 0 Å². The topological polar surface area (TPSA) is 54.0 Å². The molecule has 0 saturated heterocycles. The van der Waals surface area contributed by atoms with Gasteiger partial charge in [0.2, 0.25) is 0 Å². The van der Waals surface area contributed by atoms with Gasteiger partial charge in [-0.1, -0.05) is 0 Å². The highest BCUT2D eigenvalue weighted by molar-refractivity contribution is 7.53. The highest BCUT2D eigenvalue weighted by Crippen LogP contribution is 2.47. The van der Waals surface area contributed by atoms with Crippen LogP contribution in [0.5, 0.6) is 0 Å². The van der Waals surface area contributed by atoms with Crippen LogP contribution in [0, 0.1) is 0 Å². The standard InChI is InChI=1S/C8H21O5PSi/c1-10-14(9,11-2)7-6-8-15(5,12-3)13-4/h6-8H2,1-5H3. The predicted octanol–water partition coefficient (Wildman–Crippen LogP) is 2.23. The second-order valence-electron chi connectivity index (χ2n) is 3.35. The molecule has 0 unspecified atom stereocenters. The van der Waals surface area contributed by atoms with Gasteiger partial charge >= 0.3 is 16.2 Å². The first-order chi connectivity index (χ1) is 6.95. The van der Waals surface area contributed by atoms with Crippen molar-refractivity contribution in [2.75, 3.05) is 34.6 Å². The summed E-state index contributed by atoms with van der Waals surface area (Å²) in [5.74, 6) is 0. The van der Waals surface area contributed by atoms with Crippen molar-refractivity contribution in [2.24, 2.45) is 0 Å². The lowest BCUT2D eigenvalue weighted by Crippen LogP contribution is -2.36. The van der Waals surface area contributed by atoms with Gasteiger partial charge in [-0.05, 0) is 19.0 Å². The molecular weight excluding hydrogens is 235 g/mol. The highest BCUT2D eigenvalue weighted by atomic mass is 31.2. The average Bonchev–Trinajstić information content (AvgIpc) is 2.28. The van der Waals surface area contributed by atoms with Crippen molar-refractivity contribution < 1.29 is 22.5 Å². The molecule has 0 aromatic heterocycles. The second kappa shape index (κ2) is 6.78. The Hall–Kier alpha value is 0.287. The van der Waals surface area contributed by atoms with Crippen LogP contribution in [-0.4, -0.2) is 43.2 Å². The molecule has 0 spiro atoms. The molecule has 0 amide bonds. The molecule has 7 heteroatoms. The monoisotopic (exact) mass is 256 g/mol. The summed E-state index contributed by atoms with van der Waals surface area (Å²) in [6, 6.07) is 0.775. The Morgan fingerprint density at radius 1 is 1.07 bits per heavy atom. The maximum absolute atomic E-state index is 11.7. The minimum atomic E-state index is -2.88. The van der Waals surface area contributed by atoms with Crippen molar-refractivity contribution in [3.05, 3.63) is 0 Å². The van der Waals surface area contributed by atoms with Gasteiger partial charge in [0.25, 0.3) is 0 Å². The molecule has 15 heavy (non-hydrogen) atoms. The minimum Gasteiger partial charge on any atom is -0.398 e. The Bertz CT molecular complexity index is 211. The summed E-state index contributed by atoms with van der Waals surface area (Å²) in [6.45, 7) is 1.97. The van der Waals surface area contributed by atoms with Crippen LogP contribution >= 0.6 is 7.60 Å². The van der Waals surface area contributed by atoms with E-state index in [0.717, 1.165) is 6.04 Å². The van der Waals surface area contributed by atoms with Gasteiger partial charge in [0.15, 0.2) is 0 Å². The minimum absolute atomic E-state index is 0.398. The Morgan fingerprint density at radius 2 is 1.53 bits per heavy atom. The first-order valence-corrected chi connectivity index (χ1v) is 9.01. The molecule has 5 nitrogen and oxygen atoms in total.